The van der Waals surface area contributed by atoms with Gasteiger partial charge in [-0.2, -0.15) is 0 Å². The maximum Gasteiger partial charge on any atom is 0.0195 e. The number of rotatable bonds is 6. The molecular formula is C14H29N3. The summed E-state index contributed by atoms with van der Waals surface area (Å²) in [6, 6.07) is 2.33. The van der Waals surface area contributed by atoms with Crippen molar-refractivity contribution in [1.82, 2.24) is 15.1 Å². The van der Waals surface area contributed by atoms with E-state index in [0.29, 0.717) is 6.04 Å². The summed E-state index contributed by atoms with van der Waals surface area (Å²) < 4.78 is 0. The molecule has 1 heterocycles. The average Bonchev–Trinajstić information content (AvgIpc) is 3.13. The number of piperidine rings is 1. The number of nitrogens with zero attached hydrogens (tertiary/aromatic N) is 2. The number of likely N-dealkylation sites (N-methyl/N-ethyl adjacent to an activating group) is 2. The molecule has 0 aromatic carbocycles. The molecule has 0 spiro atoms. The maximum atomic E-state index is 3.60. The van der Waals surface area contributed by atoms with Gasteiger partial charge in [0.25, 0.3) is 0 Å². The summed E-state index contributed by atoms with van der Waals surface area (Å²) in [5.41, 5.74) is 0. The normalized spacial score (nSPS) is 28.6. The summed E-state index contributed by atoms with van der Waals surface area (Å²) in [7, 11) is 2.30. The van der Waals surface area contributed by atoms with Crippen molar-refractivity contribution in [2.75, 3.05) is 33.2 Å². The van der Waals surface area contributed by atoms with E-state index in [1.165, 1.54) is 45.3 Å². The van der Waals surface area contributed by atoms with Gasteiger partial charge in [-0.3, -0.25) is 4.90 Å². The predicted octanol–water partition coefficient (Wildman–Crippen LogP) is 1.54. The topological polar surface area (TPSA) is 18.5 Å². The first-order chi connectivity index (χ1) is 8.20. The molecule has 1 saturated heterocycles. The predicted molar refractivity (Wildman–Crippen MR) is 73.4 cm³/mol. The van der Waals surface area contributed by atoms with Gasteiger partial charge in [0.1, 0.15) is 0 Å². The van der Waals surface area contributed by atoms with Gasteiger partial charge in [0.05, 0.1) is 0 Å². The minimum absolute atomic E-state index is 0.711. The molecule has 0 amide bonds. The Bertz CT molecular complexity index is 226. The van der Waals surface area contributed by atoms with Crippen LogP contribution in [-0.2, 0) is 0 Å². The molecular weight excluding hydrogens is 210 g/mol. The van der Waals surface area contributed by atoms with Gasteiger partial charge in [0.15, 0.2) is 0 Å². The fourth-order valence-electron chi connectivity index (χ4n) is 3.02. The summed E-state index contributed by atoms with van der Waals surface area (Å²) in [5, 5.41) is 3.60. The van der Waals surface area contributed by atoms with E-state index < -0.39 is 0 Å². The molecule has 1 aliphatic heterocycles. The Morgan fingerprint density at radius 2 is 2.12 bits per heavy atom. The quantitative estimate of drug-likeness (QED) is 0.758. The van der Waals surface area contributed by atoms with Crippen LogP contribution in [0.4, 0.5) is 0 Å². The van der Waals surface area contributed by atoms with E-state index in [1.54, 1.807) is 0 Å². The second kappa shape index (κ2) is 6.17. The first-order valence-corrected chi connectivity index (χ1v) is 7.38. The van der Waals surface area contributed by atoms with Gasteiger partial charge in [-0.05, 0) is 52.7 Å². The third kappa shape index (κ3) is 3.94. The van der Waals surface area contributed by atoms with Crippen molar-refractivity contribution in [3.05, 3.63) is 0 Å². The van der Waals surface area contributed by atoms with Crippen molar-refractivity contribution in [3.63, 3.8) is 0 Å². The van der Waals surface area contributed by atoms with E-state index in [2.05, 4.69) is 36.0 Å². The second-order valence-corrected chi connectivity index (χ2v) is 5.90. The molecule has 1 aliphatic carbocycles. The van der Waals surface area contributed by atoms with Crippen molar-refractivity contribution in [1.29, 1.82) is 0 Å². The van der Waals surface area contributed by atoms with E-state index in [0.717, 1.165) is 18.6 Å². The molecule has 3 nitrogen and oxygen atoms in total. The van der Waals surface area contributed by atoms with Crippen LogP contribution in [0.25, 0.3) is 0 Å². The van der Waals surface area contributed by atoms with Crippen molar-refractivity contribution in [3.8, 4) is 0 Å². The van der Waals surface area contributed by atoms with Crippen LogP contribution in [-0.4, -0.2) is 61.2 Å². The van der Waals surface area contributed by atoms with Crippen LogP contribution < -0.4 is 5.32 Å². The zero-order chi connectivity index (χ0) is 12.3. The molecule has 0 aromatic rings. The molecule has 2 atom stereocenters. The Morgan fingerprint density at radius 1 is 1.35 bits per heavy atom. The first-order valence-electron chi connectivity index (χ1n) is 7.38. The fraction of sp³-hybridized carbons (Fsp3) is 1.00. The van der Waals surface area contributed by atoms with Crippen molar-refractivity contribution < 1.29 is 0 Å². The Morgan fingerprint density at radius 3 is 2.76 bits per heavy atom. The lowest BCUT2D eigenvalue weighted by Crippen LogP contribution is -2.49. The standard InChI is InChI=1S/C14H29N3/c1-4-15-13-6-5-9-17(11-13)10-12(2)16(3)14-7-8-14/h12-15H,4-11H2,1-3H3. The Hall–Kier alpha value is -0.120. The monoisotopic (exact) mass is 239 g/mol. The minimum Gasteiger partial charge on any atom is -0.313 e. The summed E-state index contributed by atoms with van der Waals surface area (Å²) >= 11 is 0. The molecule has 0 bridgehead atoms. The number of nitrogens with one attached hydrogen (secondary N) is 1. The van der Waals surface area contributed by atoms with Gasteiger partial charge in [0, 0.05) is 31.2 Å². The largest absolute Gasteiger partial charge is 0.313 e. The highest BCUT2D eigenvalue weighted by Crippen LogP contribution is 2.27. The van der Waals surface area contributed by atoms with Gasteiger partial charge in [-0.25, -0.2) is 0 Å². The molecule has 100 valence electrons. The lowest BCUT2D eigenvalue weighted by Gasteiger charge is -2.36. The Labute approximate surface area is 107 Å². The van der Waals surface area contributed by atoms with E-state index >= 15 is 0 Å². The molecule has 1 saturated carbocycles. The maximum absolute atomic E-state index is 3.60. The Kier molecular flexibility index (Phi) is 4.83. The van der Waals surface area contributed by atoms with Gasteiger partial charge in [0.2, 0.25) is 0 Å². The average molecular weight is 239 g/mol. The zero-order valence-electron chi connectivity index (χ0n) is 11.8. The lowest BCUT2D eigenvalue weighted by molar-refractivity contribution is 0.133. The lowest BCUT2D eigenvalue weighted by atomic mass is 10.0. The SMILES string of the molecule is CCNC1CCCN(CC(C)N(C)C2CC2)C1. The van der Waals surface area contributed by atoms with Crippen LogP contribution >= 0.6 is 0 Å². The summed E-state index contributed by atoms with van der Waals surface area (Å²) in [6.45, 7) is 9.49. The van der Waals surface area contributed by atoms with Gasteiger partial charge in [-0.1, -0.05) is 6.92 Å². The summed E-state index contributed by atoms with van der Waals surface area (Å²) in [5.74, 6) is 0. The van der Waals surface area contributed by atoms with E-state index in [9.17, 15) is 0 Å². The van der Waals surface area contributed by atoms with Gasteiger partial charge >= 0.3 is 0 Å². The number of likely N-dealkylation sites (tertiary alicyclic amines) is 1. The van der Waals surface area contributed by atoms with Crippen LogP contribution in [0.1, 0.15) is 39.5 Å². The summed E-state index contributed by atoms with van der Waals surface area (Å²) in [4.78, 5) is 5.23. The molecule has 1 N–H and O–H groups in total. The fourth-order valence-corrected chi connectivity index (χ4v) is 3.02. The van der Waals surface area contributed by atoms with Gasteiger partial charge in [-0.15, -0.1) is 0 Å². The van der Waals surface area contributed by atoms with Crippen LogP contribution in [0.3, 0.4) is 0 Å². The second-order valence-electron chi connectivity index (χ2n) is 5.90. The smallest absolute Gasteiger partial charge is 0.0195 e. The molecule has 2 unspecified atom stereocenters. The highest BCUT2D eigenvalue weighted by molar-refractivity contribution is 4.87. The van der Waals surface area contributed by atoms with Gasteiger partial charge < -0.3 is 10.2 Å². The van der Waals surface area contributed by atoms with E-state index in [4.69, 9.17) is 0 Å². The highest BCUT2D eigenvalue weighted by atomic mass is 15.2. The number of hydrogen-bond donors (Lipinski definition) is 1. The van der Waals surface area contributed by atoms with Crippen molar-refractivity contribution >= 4 is 0 Å². The molecule has 2 aliphatic rings. The van der Waals surface area contributed by atoms with Crippen LogP contribution in [0, 0.1) is 0 Å². The molecule has 2 fully saturated rings. The van der Waals surface area contributed by atoms with Crippen LogP contribution in [0.5, 0.6) is 0 Å². The van der Waals surface area contributed by atoms with Crippen LogP contribution in [0.15, 0.2) is 0 Å². The zero-order valence-corrected chi connectivity index (χ0v) is 11.8. The minimum atomic E-state index is 0.711. The molecule has 0 radical (unpaired) electrons. The highest BCUT2D eigenvalue weighted by Gasteiger charge is 2.30. The molecule has 17 heavy (non-hydrogen) atoms. The first kappa shape index (κ1) is 13.3. The number of hydrogen-bond acceptors (Lipinski definition) is 3. The molecule has 2 rings (SSSR count). The molecule has 3 heteroatoms. The van der Waals surface area contributed by atoms with E-state index in [-0.39, 0.29) is 0 Å². The summed E-state index contributed by atoms with van der Waals surface area (Å²) in [6.07, 6.45) is 5.55. The van der Waals surface area contributed by atoms with Crippen LogP contribution in [0.2, 0.25) is 0 Å². The van der Waals surface area contributed by atoms with Crippen molar-refractivity contribution in [2.45, 2.75) is 57.7 Å². The third-order valence-electron chi connectivity index (χ3n) is 4.34. The Balaban J connectivity index is 1.73. The van der Waals surface area contributed by atoms with E-state index in [1.807, 2.05) is 0 Å². The van der Waals surface area contributed by atoms with Crippen molar-refractivity contribution in [2.24, 2.45) is 0 Å². The third-order valence-corrected chi connectivity index (χ3v) is 4.34. The molecule has 0 aromatic heterocycles.